The van der Waals surface area contributed by atoms with Crippen LogP contribution in [0.5, 0.6) is 0 Å². The average molecular weight is 362 g/mol. The fraction of sp³-hybridized carbons (Fsp3) is 0.417. The topological polar surface area (TPSA) is 30.7 Å². The van der Waals surface area contributed by atoms with Crippen molar-refractivity contribution >= 4 is 17.1 Å². The van der Waals surface area contributed by atoms with Crippen LogP contribution in [-0.4, -0.2) is 15.0 Å². The maximum absolute atomic E-state index is 4.62. The van der Waals surface area contributed by atoms with E-state index in [9.17, 15) is 0 Å². The van der Waals surface area contributed by atoms with E-state index in [1.807, 2.05) is 12.1 Å². The van der Waals surface area contributed by atoms with Gasteiger partial charge in [0.2, 0.25) is 0 Å². The van der Waals surface area contributed by atoms with Crippen LogP contribution in [0.15, 0.2) is 54.6 Å². The summed E-state index contributed by atoms with van der Waals surface area (Å²) >= 11 is 0. The fourth-order valence-corrected chi connectivity index (χ4v) is 3.67. The summed E-state index contributed by atoms with van der Waals surface area (Å²) in [6.07, 6.45) is 11.5. The predicted molar refractivity (Wildman–Crippen MR) is 115 cm³/mol. The molecule has 0 unspecified atom stereocenters. The Morgan fingerprint density at radius 2 is 1.59 bits per heavy atom. The third kappa shape index (κ3) is 4.47. The van der Waals surface area contributed by atoms with Crippen LogP contribution in [0.1, 0.15) is 63.5 Å². The molecule has 0 spiro atoms. The Morgan fingerprint density at radius 1 is 0.926 bits per heavy atom. The third-order valence-corrected chi connectivity index (χ3v) is 5.36. The molecule has 0 amide bonds. The van der Waals surface area contributed by atoms with Crippen molar-refractivity contribution in [3.63, 3.8) is 0 Å². The molecule has 1 heterocycles. The molecule has 0 bridgehead atoms. The number of aromatic nitrogens is 3. The molecule has 3 heteroatoms. The van der Waals surface area contributed by atoms with Crippen LogP contribution in [0.3, 0.4) is 0 Å². The standard InChI is InChI=1S/C24H31N3/c1-4-6-17-24(18-7-5-2,19-16-21-14-12-20(3)13-15-21)27-23-11-9-8-10-22(23)25-26-27/h8-16,19H,4-7,17-18H2,1-3H3/b19-16+. The van der Waals surface area contributed by atoms with E-state index in [4.69, 9.17) is 0 Å². The number of hydrogen-bond acceptors (Lipinski definition) is 2. The van der Waals surface area contributed by atoms with Gasteiger partial charge in [-0.3, -0.25) is 0 Å². The molecule has 0 aliphatic heterocycles. The second kappa shape index (κ2) is 8.98. The highest BCUT2D eigenvalue weighted by Gasteiger charge is 2.31. The lowest BCUT2D eigenvalue weighted by Crippen LogP contribution is -2.33. The van der Waals surface area contributed by atoms with Crippen LogP contribution in [0.2, 0.25) is 0 Å². The zero-order valence-electron chi connectivity index (χ0n) is 16.9. The Balaban J connectivity index is 2.06. The zero-order valence-corrected chi connectivity index (χ0v) is 16.9. The average Bonchev–Trinajstić information content (AvgIpc) is 3.14. The summed E-state index contributed by atoms with van der Waals surface area (Å²) in [6, 6.07) is 17.0. The van der Waals surface area contributed by atoms with Gasteiger partial charge in [0.1, 0.15) is 5.52 Å². The van der Waals surface area contributed by atoms with Crippen molar-refractivity contribution in [1.29, 1.82) is 0 Å². The van der Waals surface area contributed by atoms with Gasteiger partial charge in [0.15, 0.2) is 0 Å². The number of aryl methyl sites for hydroxylation is 1. The molecular weight excluding hydrogens is 330 g/mol. The number of para-hydroxylation sites is 1. The Kier molecular flexibility index (Phi) is 6.44. The molecule has 0 aliphatic carbocycles. The highest BCUT2D eigenvalue weighted by Crippen LogP contribution is 2.34. The Hall–Kier alpha value is -2.42. The molecule has 3 aromatic rings. The lowest BCUT2D eigenvalue weighted by atomic mass is 9.86. The van der Waals surface area contributed by atoms with Crippen molar-refractivity contribution in [2.24, 2.45) is 0 Å². The fourth-order valence-electron chi connectivity index (χ4n) is 3.67. The minimum absolute atomic E-state index is 0.132. The highest BCUT2D eigenvalue weighted by molar-refractivity contribution is 5.74. The molecule has 0 saturated carbocycles. The molecule has 3 nitrogen and oxygen atoms in total. The van der Waals surface area contributed by atoms with Gasteiger partial charge >= 0.3 is 0 Å². The molecule has 0 saturated heterocycles. The van der Waals surface area contributed by atoms with Gasteiger partial charge in [0.25, 0.3) is 0 Å². The van der Waals surface area contributed by atoms with Gasteiger partial charge in [-0.05, 0) is 37.5 Å². The van der Waals surface area contributed by atoms with Crippen LogP contribution in [0, 0.1) is 6.92 Å². The van der Waals surface area contributed by atoms with Gasteiger partial charge in [-0.1, -0.05) is 98.9 Å². The maximum atomic E-state index is 4.62. The molecule has 0 aliphatic rings. The molecule has 0 radical (unpaired) electrons. The molecular formula is C24H31N3. The summed E-state index contributed by atoms with van der Waals surface area (Å²) in [5.41, 5.74) is 4.49. The molecule has 0 atom stereocenters. The van der Waals surface area contributed by atoms with E-state index >= 15 is 0 Å². The van der Waals surface area contributed by atoms with Gasteiger partial charge in [0, 0.05) is 0 Å². The van der Waals surface area contributed by atoms with Gasteiger partial charge in [-0.2, -0.15) is 0 Å². The minimum Gasteiger partial charge on any atom is -0.235 e. The molecule has 27 heavy (non-hydrogen) atoms. The van der Waals surface area contributed by atoms with E-state index in [0.29, 0.717) is 0 Å². The second-order valence-corrected chi connectivity index (χ2v) is 7.54. The van der Waals surface area contributed by atoms with Crippen molar-refractivity contribution in [3.05, 3.63) is 65.7 Å². The van der Waals surface area contributed by atoms with Crippen LogP contribution >= 0.6 is 0 Å². The number of allylic oxidation sites excluding steroid dienone is 1. The molecule has 2 aromatic carbocycles. The number of hydrogen-bond donors (Lipinski definition) is 0. The smallest absolute Gasteiger partial charge is 0.113 e. The predicted octanol–water partition coefficient (Wildman–Crippen LogP) is 6.53. The highest BCUT2D eigenvalue weighted by atomic mass is 15.5. The monoisotopic (exact) mass is 361 g/mol. The van der Waals surface area contributed by atoms with Gasteiger partial charge in [-0.15, -0.1) is 5.10 Å². The van der Waals surface area contributed by atoms with Gasteiger partial charge in [0.05, 0.1) is 11.1 Å². The lowest BCUT2D eigenvalue weighted by Gasteiger charge is -2.32. The Labute approximate surface area is 163 Å². The number of nitrogens with zero attached hydrogens (tertiary/aromatic N) is 3. The molecule has 0 fully saturated rings. The van der Waals surface area contributed by atoms with E-state index in [-0.39, 0.29) is 5.54 Å². The molecule has 0 N–H and O–H groups in total. The number of benzene rings is 2. The first-order valence-corrected chi connectivity index (χ1v) is 10.3. The van der Waals surface area contributed by atoms with E-state index in [1.165, 1.54) is 36.8 Å². The Morgan fingerprint density at radius 3 is 2.26 bits per heavy atom. The van der Waals surface area contributed by atoms with Crippen molar-refractivity contribution in [3.8, 4) is 0 Å². The largest absolute Gasteiger partial charge is 0.235 e. The zero-order chi connectivity index (χ0) is 19.1. The maximum Gasteiger partial charge on any atom is 0.113 e. The normalized spacial score (nSPS) is 12.3. The third-order valence-electron chi connectivity index (χ3n) is 5.36. The summed E-state index contributed by atoms with van der Waals surface area (Å²) in [4.78, 5) is 0. The first-order valence-electron chi connectivity index (χ1n) is 10.3. The number of fused-ring (bicyclic) bond motifs is 1. The van der Waals surface area contributed by atoms with Crippen molar-refractivity contribution in [1.82, 2.24) is 15.0 Å². The van der Waals surface area contributed by atoms with E-state index in [2.05, 4.69) is 84.3 Å². The van der Waals surface area contributed by atoms with Crippen LogP contribution in [0.4, 0.5) is 0 Å². The second-order valence-electron chi connectivity index (χ2n) is 7.54. The summed E-state index contributed by atoms with van der Waals surface area (Å²) < 4.78 is 2.18. The minimum atomic E-state index is -0.132. The summed E-state index contributed by atoms with van der Waals surface area (Å²) in [5, 5.41) is 9.06. The van der Waals surface area contributed by atoms with Crippen molar-refractivity contribution in [2.45, 2.75) is 64.8 Å². The summed E-state index contributed by atoms with van der Waals surface area (Å²) in [6.45, 7) is 6.64. The quantitative estimate of drug-likeness (QED) is 0.434. The first-order chi connectivity index (χ1) is 13.2. The number of unbranched alkanes of at least 4 members (excludes halogenated alkanes) is 2. The molecule has 3 rings (SSSR count). The van der Waals surface area contributed by atoms with Gasteiger partial charge < -0.3 is 0 Å². The summed E-state index contributed by atoms with van der Waals surface area (Å²) in [5.74, 6) is 0. The number of rotatable bonds is 9. The van der Waals surface area contributed by atoms with Gasteiger partial charge in [-0.25, -0.2) is 4.68 Å². The first kappa shape index (κ1) is 19.3. The van der Waals surface area contributed by atoms with Crippen LogP contribution in [-0.2, 0) is 5.54 Å². The van der Waals surface area contributed by atoms with Crippen LogP contribution in [0.25, 0.3) is 17.1 Å². The van der Waals surface area contributed by atoms with Crippen molar-refractivity contribution in [2.75, 3.05) is 0 Å². The van der Waals surface area contributed by atoms with E-state index in [0.717, 1.165) is 23.9 Å². The Bertz CT molecular complexity index is 866. The van der Waals surface area contributed by atoms with Crippen molar-refractivity contribution < 1.29 is 0 Å². The SMILES string of the molecule is CCCCC(/C=C/c1ccc(C)cc1)(CCCC)n1nnc2ccccc21. The summed E-state index contributed by atoms with van der Waals surface area (Å²) in [7, 11) is 0. The lowest BCUT2D eigenvalue weighted by molar-refractivity contribution is 0.276. The molecule has 142 valence electrons. The molecule has 1 aromatic heterocycles. The van der Waals surface area contributed by atoms with E-state index < -0.39 is 0 Å². The van der Waals surface area contributed by atoms with E-state index in [1.54, 1.807) is 0 Å². The van der Waals surface area contributed by atoms with Crippen LogP contribution < -0.4 is 0 Å².